The summed E-state index contributed by atoms with van der Waals surface area (Å²) >= 11 is 6.93. The molecule has 0 aliphatic heterocycles. The zero-order chi connectivity index (χ0) is 22.3. The van der Waals surface area contributed by atoms with E-state index in [0.717, 1.165) is 36.3 Å². The number of carbonyl (C=O) groups is 2. The lowest BCUT2D eigenvalue weighted by atomic mass is 10.1. The fourth-order valence-corrected chi connectivity index (χ4v) is 4.44. The van der Waals surface area contributed by atoms with Gasteiger partial charge < -0.3 is 5.73 Å². The normalized spacial score (nSPS) is 11.0. The number of alkyl halides is 2. The van der Waals surface area contributed by atoms with Crippen molar-refractivity contribution in [2.75, 3.05) is 23.7 Å². The van der Waals surface area contributed by atoms with Gasteiger partial charge in [-0.05, 0) is 25.7 Å². The van der Waals surface area contributed by atoms with Crippen molar-refractivity contribution in [3.8, 4) is 0 Å². The van der Waals surface area contributed by atoms with E-state index in [2.05, 4.69) is 31.9 Å². The number of halogens is 2. The van der Waals surface area contributed by atoms with Crippen LogP contribution in [0.2, 0.25) is 0 Å². The standard InChI is InChI=1S/C24H46Br2N2O2/c25-19-15-11-7-3-1-5-9-13-17-23(29)28(22-21-27)24(30)18-14-10-6-2-4-8-12-16-20-26/h1-22,27H2. The quantitative estimate of drug-likeness (QED) is 0.115. The van der Waals surface area contributed by atoms with Crippen LogP contribution in [0, 0.1) is 0 Å². The highest BCUT2D eigenvalue weighted by Gasteiger charge is 2.19. The van der Waals surface area contributed by atoms with Gasteiger partial charge in [-0.3, -0.25) is 14.5 Å². The maximum atomic E-state index is 12.5. The first-order valence-corrected chi connectivity index (χ1v) is 14.6. The number of unbranched alkanes of at least 4 members (excludes halogenated alkanes) is 14. The number of nitrogens with zero attached hydrogens (tertiary/aromatic N) is 1. The van der Waals surface area contributed by atoms with Crippen molar-refractivity contribution in [2.45, 2.75) is 116 Å². The second kappa shape index (κ2) is 23.7. The number of imide groups is 1. The molecule has 0 spiro atoms. The number of rotatable bonds is 22. The molecule has 30 heavy (non-hydrogen) atoms. The molecule has 6 heteroatoms. The highest BCUT2D eigenvalue weighted by atomic mass is 79.9. The number of carbonyl (C=O) groups excluding carboxylic acids is 2. The molecule has 0 heterocycles. The summed E-state index contributed by atoms with van der Waals surface area (Å²) < 4.78 is 0. The monoisotopic (exact) mass is 552 g/mol. The summed E-state index contributed by atoms with van der Waals surface area (Å²) in [4.78, 5) is 26.4. The molecule has 178 valence electrons. The molecule has 2 N–H and O–H groups in total. The third-order valence-corrected chi connectivity index (χ3v) is 6.62. The van der Waals surface area contributed by atoms with Gasteiger partial charge in [-0.1, -0.05) is 109 Å². The van der Waals surface area contributed by atoms with Crippen LogP contribution in [0.3, 0.4) is 0 Å². The minimum absolute atomic E-state index is 0.0328. The third kappa shape index (κ3) is 18.8. The molecular formula is C24H46Br2N2O2. The molecule has 0 aromatic carbocycles. The van der Waals surface area contributed by atoms with Gasteiger partial charge in [0.15, 0.2) is 0 Å². The van der Waals surface area contributed by atoms with Gasteiger partial charge in [-0.25, -0.2) is 0 Å². The Morgan fingerprint density at radius 3 is 1.13 bits per heavy atom. The molecule has 0 saturated carbocycles. The topological polar surface area (TPSA) is 63.4 Å². The Bertz CT molecular complexity index is 375. The smallest absolute Gasteiger partial charge is 0.229 e. The van der Waals surface area contributed by atoms with Crippen LogP contribution in [-0.4, -0.2) is 40.5 Å². The zero-order valence-corrected chi connectivity index (χ0v) is 22.3. The highest BCUT2D eigenvalue weighted by molar-refractivity contribution is 9.09. The summed E-state index contributed by atoms with van der Waals surface area (Å²) in [6.07, 6.45) is 20.0. The van der Waals surface area contributed by atoms with Gasteiger partial charge in [-0.2, -0.15) is 0 Å². The van der Waals surface area contributed by atoms with Crippen molar-refractivity contribution >= 4 is 43.7 Å². The van der Waals surface area contributed by atoms with Crippen molar-refractivity contribution < 1.29 is 9.59 Å². The molecule has 2 amide bonds. The summed E-state index contributed by atoms with van der Waals surface area (Å²) in [6.45, 7) is 0.707. The predicted octanol–water partition coefficient (Wildman–Crippen LogP) is 7.11. The third-order valence-electron chi connectivity index (χ3n) is 5.50. The van der Waals surface area contributed by atoms with Crippen molar-refractivity contribution in [3.63, 3.8) is 0 Å². The Kier molecular flexibility index (Phi) is 23.8. The van der Waals surface area contributed by atoms with Crippen LogP contribution in [0.5, 0.6) is 0 Å². The Balaban J connectivity index is 3.83. The van der Waals surface area contributed by atoms with Crippen LogP contribution < -0.4 is 5.73 Å². The molecule has 0 saturated heterocycles. The van der Waals surface area contributed by atoms with Crippen LogP contribution in [0.1, 0.15) is 116 Å². The minimum atomic E-state index is -0.0328. The van der Waals surface area contributed by atoms with Crippen LogP contribution in [0.15, 0.2) is 0 Å². The zero-order valence-electron chi connectivity index (χ0n) is 19.2. The predicted molar refractivity (Wildman–Crippen MR) is 136 cm³/mol. The molecule has 0 unspecified atom stereocenters. The van der Waals surface area contributed by atoms with Gasteiger partial charge in [0.1, 0.15) is 0 Å². The van der Waals surface area contributed by atoms with E-state index in [1.807, 2.05) is 0 Å². The van der Waals surface area contributed by atoms with E-state index in [1.54, 1.807) is 0 Å². The summed E-state index contributed by atoms with van der Waals surface area (Å²) in [7, 11) is 0. The Morgan fingerprint density at radius 2 is 0.833 bits per heavy atom. The summed E-state index contributed by atoms with van der Waals surface area (Å²) in [5.74, 6) is -0.0656. The largest absolute Gasteiger partial charge is 0.329 e. The lowest BCUT2D eigenvalue weighted by Gasteiger charge is -2.20. The van der Waals surface area contributed by atoms with Gasteiger partial charge in [0.2, 0.25) is 11.8 Å². The Labute approximate surface area is 202 Å². The summed E-state index contributed by atoms with van der Waals surface area (Å²) in [5, 5.41) is 2.20. The molecule has 0 aromatic heterocycles. The molecule has 0 aliphatic rings. The number of nitrogens with two attached hydrogens (primary N) is 1. The van der Waals surface area contributed by atoms with Crippen LogP contribution in [0.4, 0.5) is 0 Å². The molecule has 0 atom stereocenters. The molecule has 0 rings (SSSR count). The molecule has 0 radical (unpaired) electrons. The van der Waals surface area contributed by atoms with Crippen molar-refractivity contribution in [1.29, 1.82) is 0 Å². The first-order valence-electron chi connectivity index (χ1n) is 12.3. The molecule has 0 aliphatic carbocycles. The summed E-state index contributed by atoms with van der Waals surface area (Å²) in [6, 6.07) is 0. The maximum absolute atomic E-state index is 12.5. The van der Waals surface area contributed by atoms with Gasteiger partial charge in [0.25, 0.3) is 0 Å². The maximum Gasteiger partial charge on any atom is 0.229 e. The van der Waals surface area contributed by atoms with Gasteiger partial charge >= 0.3 is 0 Å². The van der Waals surface area contributed by atoms with E-state index in [1.165, 1.54) is 81.9 Å². The average molecular weight is 554 g/mol. The van der Waals surface area contributed by atoms with Crippen molar-refractivity contribution in [1.82, 2.24) is 4.90 Å². The van der Waals surface area contributed by atoms with Gasteiger partial charge in [-0.15, -0.1) is 0 Å². The first kappa shape index (κ1) is 30.1. The summed E-state index contributed by atoms with van der Waals surface area (Å²) in [5.41, 5.74) is 5.64. The van der Waals surface area contributed by atoms with E-state index >= 15 is 0 Å². The fraction of sp³-hybridized carbons (Fsp3) is 0.917. The number of amides is 2. The van der Waals surface area contributed by atoms with Gasteiger partial charge in [0, 0.05) is 36.6 Å². The van der Waals surface area contributed by atoms with E-state index < -0.39 is 0 Å². The highest BCUT2D eigenvalue weighted by Crippen LogP contribution is 2.13. The lowest BCUT2D eigenvalue weighted by Crippen LogP contribution is -2.40. The fourth-order valence-electron chi connectivity index (χ4n) is 3.65. The van der Waals surface area contributed by atoms with Crippen molar-refractivity contribution in [2.24, 2.45) is 5.73 Å². The van der Waals surface area contributed by atoms with Crippen LogP contribution in [0.25, 0.3) is 0 Å². The minimum Gasteiger partial charge on any atom is -0.329 e. The lowest BCUT2D eigenvalue weighted by molar-refractivity contribution is -0.144. The van der Waals surface area contributed by atoms with Crippen LogP contribution in [-0.2, 0) is 9.59 Å². The number of hydrogen-bond acceptors (Lipinski definition) is 3. The second-order valence-corrected chi connectivity index (χ2v) is 9.85. The second-order valence-electron chi connectivity index (χ2n) is 8.26. The van der Waals surface area contributed by atoms with E-state index in [-0.39, 0.29) is 11.8 Å². The molecule has 0 fully saturated rings. The molecule has 0 aromatic rings. The number of hydrogen-bond donors (Lipinski definition) is 1. The molecule has 0 bridgehead atoms. The first-order chi connectivity index (χ1) is 14.7. The van der Waals surface area contributed by atoms with Gasteiger partial charge in [0.05, 0.1) is 0 Å². The Hall–Kier alpha value is 0.0600. The SMILES string of the molecule is NCCN(C(=O)CCCCCCCCCCBr)C(=O)CCCCCCCCCCBr. The Morgan fingerprint density at radius 1 is 0.533 bits per heavy atom. The van der Waals surface area contributed by atoms with Crippen LogP contribution >= 0.6 is 31.9 Å². The molecular weight excluding hydrogens is 508 g/mol. The van der Waals surface area contributed by atoms with E-state index in [0.29, 0.717) is 25.9 Å². The molecule has 4 nitrogen and oxygen atoms in total. The average Bonchev–Trinajstić information content (AvgIpc) is 2.74. The van der Waals surface area contributed by atoms with Crippen molar-refractivity contribution in [3.05, 3.63) is 0 Å². The van der Waals surface area contributed by atoms with E-state index in [4.69, 9.17) is 5.73 Å². The van der Waals surface area contributed by atoms with E-state index in [9.17, 15) is 9.59 Å².